The summed E-state index contributed by atoms with van der Waals surface area (Å²) < 4.78 is 5.86. The highest BCUT2D eigenvalue weighted by Gasteiger charge is 2.14. The second-order valence-electron chi connectivity index (χ2n) is 8.06. The van der Waals surface area contributed by atoms with E-state index in [-0.39, 0.29) is 0 Å². The van der Waals surface area contributed by atoms with Crippen molar-refractivity contribution in [2.45, 2.75) is 13.3 Å². The smallest absolute Gasteiger partial charge is 0.328 e. The molecule has 0 fully saturated rings. The summed E-state index contributed by atoms with van der Waals surface area (Å²) in [5.41, 5.74) is 6.97. The number of allylic oxidation sites excluding steroid dienone is 1. The number of ether oxygens (including phenoxy) is 1. The summed E-state index contributed by atoms with van der Waals surface area (Å²) >= 11 is 0. The monoisotopic (exact) mass is 467 g/mol. The van der Waals surface area contributed by atoms with Crippen molar-refractivity contribution in [2.24, 2.45) is 0 Å². The topological polar surface area (TPSA) is 87.2 Å². The summed E-state index contributed by atoms with van der Waals surface area (Å²) in [6.07, 6.45) is 5.45. The van der Waals surface area contributed by atoms with E-state index in [1.165, 1.54) is 16.7 Å². The first-order valence-corrected chi connectivity index (χ1v) is 11.7. The molecule has 35 heavy (non-hydrogen) atoms. The Kier molecular flexibility index (Phi) is 8.09. The van der Waals surface area contributed by atoms with E-state index in [0.29, 0.717) is 19.7 Å². The van der Waals surface area contributed by atoms with E-state index >= 15 is 0 Å². The number of H-pyrrole nitrogens is 1. The number of hydrogen-bond acceptors (Lipinski definition) is 4. The summed E-state index contributed by atoms with van der Waals surface area (Å²) in [5, 5.41) is 20.0. The maximum Gasteiger partial charge on any atom is 0.328 e. The highest BCUT2D eigenvalue weighted by molar-refractivity contribution is 6.00. The molecule has 6 nitrogen and oxygen atoms in total. The number of fused-ring (bicyclic) bond motifs is 1. The quantitative estimate of drug-likeness (QED) is 0.153. The lowest BCUT2D eigenvalue weighted by Crippen LogP contribution is -2.21. The predicted octanol–water partition coefficient (Wildman–Crippen LogP) is 5.54. The Morgan fingerprint density at radius 2 is 1.80 bits per heavy atom. The second kappa shape index (κ2) is 11.8. The molecule has 0 aliphatic heterocycles. The second-order valence-corrected chi connectivity index (χ2v) is 8.06. The van der Waals surface area contributed by atoms with Crippen LogP contribution in [0.25, 0.3) is 22.0 Å². The van der Waals surface area contributed by atoms with Crippen LogP contribution in [-0.4, -0.2) is 41.0 Å². The van der Waals surface area contributed by atoms with Crippen molar-refractivity contribution in [3.63, 3.8) is 0 Å². The van der Waals surface area contributed by atoms with Crippen LogP contribution in [-0.2, 0) is 4.79 Å². The fourth-order valence-electron chi connectivity index (χ4n) is 4.08. The highest BCUT2D eigenvalue weighted by Crippen LogP contribution is 2.36. The van der Waals surface area contributed by atoms with Crippen LogP contribution in [0.15, 0.2) is 91.1 Å². The molecular weight excluding hydrogens is 438 g/mol. The number of carboxylic acid groups (broad SMARTS) is 1. The van der Waals surface area contributed by atoms with Gasteiger partial charge in [0.25, 0.3) is 0 Å². The van der Waals surface area contributed by atoms with Gasteiger partial charge in [-0.15, -0.1) is 0 Å². The predicted molar refractivity (Wildman–Crippen MR) is 140 cm³/mol. The van der Waals surface area contributed by atoms with Crippen LogP contribution in [0, 0.1) is 0 Å². The minimum Gasteiger partial charge on any atom is -0.492 e. The van der Waals surface area contributed by atoms with E-state index in [0.717, 1.165) is 40.3 Å². The van der Waals surface area contributed by atoms with Gasteiger partial charge in [0, 0.05) is 24.6 Å². The Morgan fingerprint density at radius 1 is 1.03 bits per heavy atom. The van der Waals surface area contributed by atoms with Crippen molar-refractivity contribution in [1.82, 2.24) is 15.5 Å². The van der Waals surface area contributed by atoms with Crippen molar-refractivity contribution in [3.05, 3.63) is 108 Å². The van der Waals surface area contributed by atoms with Crippen molar-refractivity contribution in [2.75, 3.05) is 19.7 Å². The SMILES string of the molecule is CCC(=C(c1ccc(OCCNCC=CC(=O)O)cc1)c1ccc2[nH]ncc2c1)c1ccccc1. The van der Waals surface area contributed by atoms with Crippen LogP contribution >= 0.6 is 0 Å². The summed E-state index contributed by atoms with van der Waals surface area (Å²) in [7, 11) is 0. The number of aliphatic carboxylic acids is 1. The van der Waals surface area contributed by atoms with Crippen LogP contribution < -0.4 is 10.1 Å². The van der Waals surface area contributed by atoms with Crippen LogP contribution in [0.5, 0.6) is 5.75 Å². The number of aromatic amines is 1. The van der Waals surface area contributed by atoms with Gasteiger partial charge in [0.2, 0.25) is 0 Å². The number of aromatic nitrogens is 2. The molecule has 0 atom stereocenters. The summed E-state index contributed by atoms with van der Waals surface area (Å²) in [6, 6.07) is 25.1. The number of carboxylic acids is 1. The number of rotatable bonds is 11. The lowest BCUT2D eigenvalue weighted by atomic mass is 9.88. The fraction of sp³-hybridized carbons (Fsp3) is 0.172. The molecule has 0 aliphatic rings. The van der Waals surface area contributed by atoms with Crippen molar-refractivity contribution >= 4 is 28.0 Å². The van der Waals surface area contributed by atoms with Gasteiger partial charge in [-0.1, -0.05) is 61.5 Å². The zero-order chi connectivity index (χ0) is 24.5. The number of benzene rings is 3. The van der Waals surface area contributed by atoms with E-state index in [1.807, 2.05) is 24.4 Å². The van der Waals surface area contributed by atoms with Gasteiger partial charge in [-0.25, -0.2) is 4.79 Å². The molecule has 178 valence electrons. The minimum atomic E-state index is -0.945. The first-order chi connectivity index (χ1) is 17.2. The summed E-state index contributed by atoms with van der Waals surface area (Å²) in [6.45, 7) is 3.79. The van der Waals surface area contributed by atoms with Crippen molar-refractivity contribution in [3.8, 4) is 5.75 Å². The largest absolute Gasteiger partial charge is 0.492 e. The van der Waals surface area contributed by atoms with Crippen molar-refractivity contribution in [1.29, 1.82) is 0 Å². The van der Waals surface area contributed by atoms with Crippen LogP contribution in [0.4, 0.5) is 0 Å². The third-order valence-electron chi connectivity index (χ3n) is 5.72. The number of nitrogens with one attached hydrogen (secondary N) is 2. The fourth-order valence-corrected chi connectivity index (χ4v) is 4.08. The number of nitrogens with zero attached hydrogens (tertiary/aromatic N) is 1. The Morgan fingerprint density at radius 3 is 2.54 bits per heavy atom. The van der Waals surface area contributed by atoms with Gasteiger partial charge >= 0.3 is 5.97 Å². The van der Waals surface area contributed by atoms with E-state index < -0.39 is 5.97 Å². The molecule has 0 radical (unpaired) electrons. The first kappa shape index (κ1) is 24.0. The molecule has 1 heterocycles. The molecule has 1 aromatic heterocycles. The third-order valence-corrected chi connectivity index (χ3v) is 5.72. The first-order valence-electron chi connectivity index (χ1n) is 11.7. The average Bonchev–Trinajstić information content (AvgIpc) is 3.35. The lowest BCUT2D eigenvalue weighted by Gasteiger charge is -2.17. The number of carbonyl (C=O) groups is 1. The normalized spacial score (nSPS) is 12.1. The van der Waals surface area contributed by atoms with Gasteiger partial charge in [-0.05, 0) is 58.5 Å². The molecule has 3 aromatic carbocycles. The van der Waals surface area contributed by atoms with E-state index in [2.05, 4.69) is 77.0 Å². The van der Waals surface area contributed by atoms with Gasteiger partial charge in [0.05, 0.1) is 11.7 Å². The molecule has 4 aromatic rings. The molecule has 6 heteroatoms. The Labute approximate surface area is 205 Å². The Hall–Kier alpha value is -4.16. The van der Waals surface area contributed by atoms with Crippen LogP contribution in [0.3, 0.4) is 0 Å². The molecule has 0 saturated heterocycles. The maximum absolute atomic E-state index is 10.5. The standard InChI is InChI=1S/C29H29N3O3/c1-2-26(21-7-4-3-5-8-21)29(23-12-15-27-24(19-23)20-31-32-27)22-10-13-25(14-11-22)35-18-17-30-16-6-9-28(33)34/h3-15,19-20,30H,2,16-18H2,1H3,(H,31,32)(H,33,34). The molecule has 0 amide bonds. The molecule has 0 bridgehead atoms. The average molecular weight is 468 g/mol. The van der Waals surface area contributed by atoms with Crippen molar-refractivity contribution < 1.29 is 14.6 Å². The zero-order valence-electron chi connectivity index (χ0n) is 19.7. The molecule has 0 unspecified atom stereocenters. The van der Waals surface area contributed by atoms with Gasteiger partial charge in [-0.3, -0.25) is 5.10 Å². The molecule has 3 N–H and O–H groups in total. The highest BCUT2D eigenvalue weighted by atomic mass is 16.5. The molecular formula is C29H29N3O3. The third kappa shape index (κ3) is 6.25. The van der Waals surface area contributed by atoms with Crippen LogP contribution in [0.1, 0.15) is 30.0 Å². The number of hydrogen-bond donors (Lipinski definition) is 3. The molecule has 0 saturated carbocycles. The van der Waals surface area contributed by atoms with Gasteiger partial charge < -0.3 is 15.2 Å². The molecule has 4 rings (SSSR count). The Balaban J connectivity index is 1.57. The lowest BCUT2D eigenvalue weighted by molar-refractivity contribution is -0.131. The van der Waals surface area contributed by atoms with Gasteiger partial charge in [-0.2, -0.15) is 5.10 Å². The van der Waals surface area contributed by atoms with E-state index in [4.69, 9.17) is 9.84 Å². The summed E-state index contributed by atoms with van der Waals surface area (Å²) in [5.74, 6) is -0.154. The van der Waals surface area contributed by atoms with Gasteiger partial charge in [0.1, 0.15) is 12.4 Å². The zero-order valence-corrected chi connectivity index (χ0v) is 19.7. The Bertz CT molecular complexity index is 1320. The maximum atomic E-state index is 10.5. The van der Waals surface area contributed by atoms with Gasteiger partial charge in [0.15, 0.2) is 0 Å². The van der Waals surface area contributed by atoms with E-state index in [9.17, 15) is 4.79 Å². The van der Waals surface area contributed by atoms with E-state index in [1.54, 1.807) is 6.08 Å². The minimum absolute atomic E-state index is 0.489. The molecule has 0 aliphatic carbocycles. The summed E-state index contributed by atoms with van der Waals surface area (Å²) in [4.78, 5) is 10.5. The molecule has 0 spiro atoms. The van der Waals surface area contributed by atoms with Crippen LogP contribution in [0.2, 0.25) is 0 Å².